The Balaban J connectivity index is 2.22. The highest BCUT2D eigenvalue weighted by molar-refractivity contribution is 9.10. The first-order chi connectivity index (χ1) is 8.63. The molecule has 0 aliphatic rings. The van der Waals surface area contributed by atoms with Crippen LogP contribution in [0.5, 0.6) is 0 Å². The number of nitrogens with one attached hydrogen (secondary N) is 1. The van der Waals surface area contributed by atoms with Gasteiger partial charge in [0.25, 0.3) is 0 Å². The summed E-state index contributed by atoms with van der Waals surface area (Å²) in [5.41, 5.74) is 10.7. The van der Waals surface area contributed by atoms with E-state index in [4.69, 9.17) is 5.73 Å². The molecule has 1 aromatic heterocycles. The summed E-state index contributed by atoms with van der Waals surface area (Å²) in [6.45, 7) is 2.05. The molecule has 0 aliphatic heterocycles. The Hall–Kier alpha value is -1.81. The van der Waals surface area contributed by atoms with Crippen LogP contribution in [-0.4, -0.2) is 9.97 Å². The van der Waals surface area contributed by atoms with Gasteiger partial charge in [0.15, 0.2) is 0 Å². The Kier molecular flexibility index (Phi) is 2.59. The highest BCUT2D eigenvalue weighted by atomic mass is 79.9. The molecule has 0 radical (unpaired) electrons. The number of hydrogen-bond donors (Lipinski definition) is 2. The van der Waals surface area contributed by atoms with Gasteiger partial charge in [0.05, 0.1) is 11.0 Å². The van der Waals surface area contributed by atoms with Crippen LogP contribution in [0, 0.1) is 6.92 Å². The van der Waals surface area contributed by atoms with Crippen LogP contribution in [0.3, 0.4) is 0 Å². The summed E-state index contributed by atoms with van der Waals surface area (Å²) < 4.78 is 1.04. The summed E-state index contributed by atoms with van der Waals surface area (Å²) in [5.74, 6) is 0.855. The van der Waals surface area contributed by atoms with Crippen molar-refractivity contribution in [1.82, 2.24) is 9.97 Å². The normalized spacial score (nSPS) is 11.0. The monoisotopic (exact) mass is 301 g/mol. The molecule has 3 rings (SSSR count). The van der Waals surface area contributed by atoms with E-state index in [9.17, 15) is 0 Å². The molecule has 0 spiro atoms. The van der Waals surface area contributed by atoms with E-state index in [1.807, 2.05) is 36.4 Å². The molecule has 0 fully saturated rings. The van der Waals surface area contributed by atoms with Gasteiger partial charge in [-0.1, -0.05) is 22.0 Å². The van der Waals surface area contributed by atoms with Gasteiger partial charge in [-0.05, 0) is 42.8 Å². The van der Waals surface area contributed by atoms with Gasteiger partial charge in [-0.2, -0.15) is 0 Å². The van der Waals surface area contributed by atoms with Crippen molar-refractivity contribution in [3.63, 3.8) is 0 Å². The number of aromatic amines is 1. The quantitative estimate of drug-likeness (QED) is 0.670. The van der Waals surface area contributed by atoms with Crippen molar-refractivity contribution in [3.8, 4) is 11.4 Å². The third-order valence-corrected chi connectivity index (χ3v) is 3.45. The van der Waals surface area contributed by atoms with E-state index in [1.165, 1.54) is 0 Å². The van der Waals surface area contributed by atoms with Gasteiger partial charge in [0.2, 0.25) is 0 Å². The maximum absolute atomic E-state index is 5.83. The number of H-pyrrole nitrogens is 1. The van der Waals surface area contributed by atoms with Crippen molar-refractivity contribution in [2.75, 3.05) is 5.73 Å². The number of imidazole rings is 1. The van der Waals surface area contributed by atoms with Crippen LogP contribution in [0.4, 0.5) is 5.69 Å². The van der Waals surface area contributed by atoms with E-state index < -0.39 is 0 Å². The Morgan fingerprint density at radius 2 is 2.00 bits per heavy atom. The van der Waals surface area contributed by atoms with Crippen molar-refractivity contribution in [2.24, 2.45) is 0 Å². The number of aryl methyl sites for hydroxylation is 1. The van der Waals surface area contributed by atoms with E-state index in [0.717, 1.165) is 38.1 Å². The Bertz CT molecular complexity index is 731. The number of nitrogens with zero attached hydrogens (tertiary/aromatic N) is 1. The molecule has 0 unspecified atom stereocenters. The molecule has 0 bridgehead atoms. The number of rotatable bonds is 1. The first-order valence-corrected chi connectivity index (χ1v) is 6.44. The maximum atomic E-state index is 5.83. The Morgan fingerprint density at radius 1 is 1.17 bits per heavy atom. The van der Waals surface area contributed by atoms with Crippen LogP contribution in [0.25, 0.3) is 22.4 Å². The van der Waals surface area contributed by atoms with Crippen LogP contribution in [-0.2, 0) is 0 Å². The fourth-order valence-corrected chi connectivity index (χ4v) is 2.37. The molecule has 3 nitrogen and oxygen atoms in total. The average molecular weight is 302 g/mol. The molecule has 2 aromatic carbocycles. The van der Waals surface area contributed by atoms with Crippen molar-refractivity contribution < 1.29 is 0 Å². The fraction of sp³-hybridized carbons (Fsp3) is 0.0714. The zero-order chi connectivity index (χ0) is 12.7. The number of nitrogen functional groups attached to an aromatic ring is 1. The number of halogens is 1. The molecular weight excluding hydrogens is 290 g/mol. The van der Waals surface area contributed by atoms with Crippen LogP contribution in [0.15, 0.2) is 40.9 Å². The SMILES string of the molecule is Cc1ccc(N)cc1-c1nc2ccc(Br)cc2[nH]1. The van der Waals surface area contributed by atoms with Gasteiger partial charge >= 0.3 is 0 Å². The van der Waals surface area contributed by atoms with Gasteiger partial charge in [0.1, 0.15) is 5.82 Å². The number of benzene rings is 2. The summed E-state index contributed by atoms with van der Waals surface area (Å²) in [7, 11) is 0. The van der Waals surface area contributed by atoms with Crippen LogP contribution >= 0.6 is 15.9 Å². The molecule has 90 valence electrons. The number of anilines is 1. The van der Waals surface area contributed by atoms with E-state index in [0.29, 0.717) is 0 Å². The minimum Gasteiger partial charge on any atom is -0.399 e. The van der Waals surface area contributed by atoms with E-state index in [2.05, 4.69) is 32.8 Å². The highest BCUT2D eigenvalue weighted by Gasteiger charge is 2.08. The predicted molar refractivity (Wildman–Crippen MR) is 78.4 cm³/mol. The number of fused-ring (bicyclic) bond motifs is 1. The van der Waals surface area contributed by atoms with Crippen molar-refractivity contribution >= 4 is 32.7 Å². The molecule has 0 aliphatic carbocycles. The van der Waals surface area contributed by atoms with Crippen LogP contribution in [0.1, 0.15) is 5.56 Å². The first-order valence-electron chi connectivity index (χ1n) is 5.65. The second-order valence-corrected chi connectivity index (χ2v) is 5.24. The molecule has 0 amide bonds. The lowest BCUT2D eigenvalue weighted by molar-refractivity contribution is 1.31. The average Bonchev–Trinajstić information content (AvgIpc) is 2.74. The highest BCUT2D eigenvalue weighted by Crippen LogP contribution is 2.26. The van der Waals surface area contributed by atoms with E-state index in [1.54, 1.807) is 0 Å². The van der Waals surface area contributed by atoms with Crippen molar-refractivity contribution in [1.29, 1.82) is 0 Å². The van der Waals surface area contributed by atoms with Gasteiger partial charge in [-0.3, -0.25) is 0 Å². The molecule has 0 atom stereocenters. The molecule has 1 heterocycles. The van der Waals surface area contributed by atoms with Crippen LogP contribution in [0.2, 0.25) is 0 Å². The molecule has 0 saturated heterocycles. The first kappa shape index (κ1) is 11.3. The predicted octanol–water partition coefficient (Wildman–Crippen LogP) is 3.88. The number of nitrogens with two attached hydrogens (primary N) is 1. The molecular formula is C14H12BrN3. The minimum atomic E-state index is 0.747. The summed E-state index contributed by atoms with van der Waals surface area (Å²) in [4.78, 5) is 7.92. The zero-order valence-electron chi connectivity index (χ0n) is 9.87. The molecule has 0 saturated carbocycles. The lowest BCUT2D eigenvalue weighted by atomic mass is 10.1. The fourth-order valence-electron chi connectivity index (χ4n) is 2.00. The van der Waals surface area contributed by atoms with Gasteiger partial charge in [-0.15, -0.1) is 0 Å². The van der Waals surface area contributed by atoms with E-state index in [-0.39, 0.29) is 0 Å². The third-order valence-electron chi connectivity index (χ3n) is 2.96. The van der Waals surface area contributed by atoms with Crippen molar-refractivity contribution in [3.05, 3.63) is 46.4 Å². The van der Waals surface area contributed by atoms with Gasteiger partial charge in [0, 0.05) is 15.7 Å². The summed E-state index contributed by atoms with van der Waals surface area (Å²) in [5, 5.41) is 0. The summed E-state index contributed by atoms with van der Waals surface area (Å²) in [6, 6.07) is 11.8. The van der Waals surface area contributed by atoms with Gasteiger partial charge in [-0.25, -0.2) is 4.98 Å². The molecule has 4 heteroatoms. The minimum absolute atomic E-state index is 0.747. The van der Waals surface area contributed by atoms with Gasteiger partial charge < -0.3 is 10.7 Å². The molecule has 3 aromatic rings. The maximum Gasteiger partial charge on any atom is 0.138 e. The Morgan fingerprint density at radius 3 is 2.83 bits per heavy atom. The molecule has 18 heavy (non-hydrogen) atoms. The zero-order valence-corrected chi connectivity index (χ0v) is 11.5. The standard InChI is InChI=1S/C14H12BrN3/c1-8-2-4-10(16)7-11(8)14-17-12-5-3-9(15)6-13(12)18-14/h2-7H,16H2,1H3,(H,17,18). The largest absolute Gasteiger partial charge is 0.399 e. The van der Waals surface area contributed by atoms with Crippen LogP contribution < -0.4 is 5.73 Å². The molecule has 3 N–H and O–H groups in total. The summed E-state index contributed by atoms with van der Waals surface area (Å²) in [6.07, 6.45) is 0. The second kappa shape index (κ2) is 4.14. The topological polar surface area (TPSA) is 54.7 Å². The lowest BCUT2D eigenvalue weighted by Crippen LogP contribution is -1.90. The second-order valence-electron chi connectivity index (χ2n) is 4.32. The smallest absolute Gasteiger partial charge is 0.138 e. The lowest BCUT2D eigenvalue weighted by Gasteiger charge is -2.03. The summed E-state index contributed by atoms with van der Waals surface area (Å²) >= 11 is 3.46. The number of aromatic nitrogens is 2. The Labute approximate surface area is 113 Å². The van der Waals surface area contributed by atoms with Crippen molar-refractivity contribution in [2.45, 2.75) is 6.92 Å². The third kappa shape index (κ3) is 1.88. The number of hydrogen-bond acceptors (Lipinski definition) is 2. The van der Waals surface area contributed by atoms with E-state index >= 15 is 0 Å².